The highest BCUT2D eigenvalue weighted by Crippen LogP contribution is 2.25. The minimum absolute atomic E-state index is 0.0791. The Hall–Kier alpha value is -1.90. The zero-order valence-electron chi connectivity index (χ0n) is 13.7. The predicted octanol–water partition coefficient (Wildman–Crippen LogP) is 3.62. The van der Waals surface area contributed by atoms with Crippen LogP contribution >= 0.6 is 22.7 Å². The summed E-state index contributed by atoms with van der Waals surface area (Å²) in [6.07, 6.45) is -0.768. The van der Waals surface area contributed by atoms with Gasteiger partial charge in [0.2, 0.25) is 0 Å². The van der Waals surface area contributed by atoms with Crippen LogP contribution in [0.15, 0.2) is 28.3 Å². The van der Waals surface area contributed by atoms with Gasteiger partial charge in [0.15, 0.2) is 0 Å². The Morgan fingerprint density at radius 2 is 2.04 bits per heavy atom. The van der Waals surface area contributed by atoms with Gasteiger partial charge in [-0.25, -0.2) is 9.59 Å². The van der Waals surface area contributed by atoms with Crippen LogP contribution in [0.25, 0.3) is 0 Å². The van der Waals surface area contributed by atoms with Crippen LogP contribution in [-0.2, 0) is 4.74 Å². The lowest BCUT2D eigenvalue weighted by molar-refractivity contribution is 0.00713. The van der Waals surface area contributed by atoms with Gasteiger partial charge < -0.3 is 15.2 Å². The van der Waals surface area contributed by atoms with Gasteiger partial charge in [-0.1, -0.05) is 0 Å². The summed E-state index contributed by atoms with van der Waals surface area (Å²) in [5.74, 6) is -0.489. The van der Waals surface area contributed by atoms with Crippen LogP contribution in [-0.4, -0.2) is 29.3 Å². The summed E-state index contributed by atoms with van der Waals surface area (Å²) in [5.41, 5.74) is 0.456. The molecule has 0 fully saturated rings. The average Bonchev–Trinajstić information content (AvgIpc) is 3.14. The predicted molar refractivity (Wildman–Crippen MR) is 95.8 cm³/mol. The lowest BCUT2D eigenvalue weighted by Gasteiger charge is -2.19. The van der Waals surface area contributed by atoms with Crippen molar-refractivity contribution in [1.82, 2.24) is 5.32 Å². The zero-order valence-corrected chi connectivity index (χ0v) is 15.3. The van der Waals surface area contributed by atoms with E-state index in [1.165, 1.54) is 22.7 Å². The maximum absolute atomic E-state index is 12.1. The Morgan fingerprint density at radius 1 is 1.29 bits per heavy atom. The molecule has 0 aliphatic carbocycles. The largest absolute Gasteiger partial charge is 0.456 e. The van der Waals surface area contributed by atoms with E-state index in [1.54, 1.807) is 38.3 Å². The fraction of sp³-hybridized carbons (Fsp3) is 0.375. The summed E-state index contributed by atoms with van der Waals surface area (Å²) in [5, 5.41) is 20.9. The second kappa shape index (κ2) is 7.78. The molecule has 0 aliphatic rings. The van der Waals surface area contributed by atoms with E-state index in [-0.39, 0.29) is 6.54 Å². The molecule has 0 spiro atoms. The maximum atomic E-state index is 12.1. The van der Waals surface area contributed by atoms with Crippen molar-refractivity contribution in [3.05, 3.63) is 39.4 Å². The first-order valence-corrected chi connectivity index (χ1v) is 9.14. The first-order chi connectivity index (χ1) is 11.3. The van der Waals surface area contributed by atoms with Gasteiger partial charge in [0.05, 0.1) is 11.7 Å². The number of aliphatic hydroxyl groups excluding tert-OH is 1. The van der Waals surface area contributed by atoms with E-state index in [2.05, 4.69) is 10.6 Å². The van der Waals surface area contributed by atoms with Crippen LogP contribution in [0, 0.1) is 0 Å². The minimum atomic E-state index is -0.768. The molecule has 3 N–H and O–H groups in total. The van der Waals surface area contributed by atoms with Crippen molar-refractivity contribution in [1.29, 1.82) is 0 Å². The molecule has 0 saturated heterocycles. The van der Waals surface area contributed by atoms with Crippen LogP contribution in [0.3, 0.4) is 0 Å². The van der Waals surface area contributed by atoms with Crippen LogP contribution in [0.1, 0.15) is 42.8 Å². The third-order valence-corrected chi connectivity index (χ3v) is 4.43. The Balaban J connectivity index is 1.91. The van der Waals surface area contributed by atoms with Crippen molar-refractivity contribution in [2.75, 3.05) is 11.9 Å². The van der Waals surface area contributed by atoms with Gasteiger partial charge in [0.25, 0.3) is 0 Å². The Kier molecular flexibility index (Phi) is 5.98. The van der Waals surface area contributed by atoms with Gasteiger partial charge >= 0.3 is 12.0 Å². The Labute approximate surface area is 148 Å². The number of nitrogens with one attached hydrogen (secondary N) is 2. The molecule has 0 aliphatic heterocycles. The van der Waals surface area contributed by atoms with Crippen molar-refractivity contribution < 1.29 is 19.4 Å². The fourth-order valence-corrected chi connectivity index (χ4v) is 3.30. The highest BCUT2D eigenvalue weighted by Gasteiger charge is 2.22. The maximum Gasteiger partial charge on any atom is 0.341 e. The second-order valence-electron chi connectivity index (χ2n) is 6.07. The Morgan fingerprint density at radius 3 is 2.67 bits per heavy atom. The molecular formula is C16H20N2O4S2. The van der Waals surface area contributed by atoms with Crippen LogP contribution in [0.4, 0.5) is 9.80 Å². The molecule has 2 aromatic rings. The molecule has 24 heavy (non-hydrogen) atoms. The fourth-order valence-electron chi connectivity index (χ4n) is 1.82. The number of hydrogen-bond donors (Lipinski definition) is 3. The molecule has 2 heterocycles. The summed E-state index contributed by atoms with van der Waals surface area (Å²) in [7, 11) is 0. The molecule has 0 radical (unpaired) electrons. The normalized spacial score (nSPS) is 12.5. The van der Waals surface area contributed by atoms with Gasteiger partial charge in [-0.2, -0.15) is 11.3 Å². The molecule has 1 unspecified atom stereocenters. The van der Waals surface area contributed by atoms with Crippen molar-refractivity contribution in [3.63, 3.8) is 0 Å². The second-order valence-corrected chi connectivity index (χ2v) is 7.77. The third kappa shape index (κ3) is 5.33. The lowest BCUT2D eigenvalue weighted by atomic mass is 10.2. The van der Waals surface area contributed by atoms with E-state index >= 15 is 0 Å². The number of carbonyl (C=O) groups excluding carboxylic acids is 2. The molecule has 2 aromatic heterocycles. The van der Waals surface area contributed by atoms with Crippen molar-refractivity contribution in [2.24, 2.45) is 0 Å². The summed E-state index contributed by atoms with van der Waals surface area (Å²) in [4.78, 5) is 24.1. The number of rotatable bonds is 5. The summed E-state index contributed by atoms with van der Waals surface area (Å²) in [6.45, 7) is 5.42. The van der Waals surface area contributed by atoms with Crippen LogP contribution in [0.5, 0.6) is 0 Å². The summed E-state index contributed by atoms with van der Waals surface area (Å²) >= 11 is 2.71. The smallest absolute Gasteiger partial charge is 0.341 e. The van der Waals surface area contributed by atoms with Gasteiger partial charge in [-0.3, -0.25) is 5.32 Å². The van der Waals surface area contributed by atoms with Crippen molar-refractivity contribution in [3.8, 4) is 0 Å². The quantitative estimate of drug-likeness (QED) is 0.704. The molecule has 2 amide bonds. The van der Waals surface area contributed by atoms with E-state index in [0.717, 1.165) is 5.56 Å². The molecule has 0 aromatic carbocycles. The first-order valence-electron chi connectivity index (χ1n) is 7.32. The first kappa shape index (κ1) is 18.4. The number of thiophene rings is 2. The summed E-state index contributed by atoms with van der Waals surface area (Å²) < 4.78 is 5.31. The number of esters is 1. The molecule has 8 heteroatoms. The van der Waals surface area contributed by atoms with Gasteiger partial charge in [0.1, 0.15) is 10.6 Å². The monoisotopic (exact) mass is 368 g/mol. The van der Waals surface area contributed by atoms with Crippen molar-refractivity contribution >= 4 is 39.7 Å². The van der Waals surface area contributed by atoms with Gasteiger partial charge in [0, 0.05) is 6.54 Å². The minimum Gasteiger partial charge on any atom is -0.456 e. The number of anilines is 1. The molecule has 0 saturated carbocycles. The molecule has 130 valence electrons. The van der Waals surface area contributed by atoms with Crippen LogP contribution < -0.4 is 10.6 Å². The van der Waals surface area contributed by atoms with E-state index in [1.807, 2.05) is 10.8 Å². The number of aliphatic hydroxyl groups is 1. The SMILES string of the molecule is CC(C)(C)OC(=O)c1ccsc1NC(=O)NCC(O)c1ccsc1. The van der Waals surface area contributed by atoms with E-state index in [9.17, 15) is 14.7 Å². The summed E-state index contributed by atoms with van der Waals surface area (Å²) in [6, 6.07) is 2.92. The van der Waals surface area contributed by atoms with Crippen molar-refractivity contribution in [2.45, 2.75) is 32.5 Å². The van der Waals surface area contributed by atoms with E-state index in [4.69, 9.17) is 4.74 Å². The number of ether oxygens (including phenoxy) is 1. The molecule has 2 rings (SSSR count). The third-order valence-electron chi connectivity index (χ3n) is 2.90. The topological polar surface area (TPSA) is 87.7 Å². The van der Waals surface area contributed by atoms with Crippen LogP contribution in [0.2, 0.25) is 0 Å². The average molecular weight is 368 g/mol. The highest BCUT2D eigenvalue weighted by molar-refractivity contribution is 7.14. The lowest BCUT2D eigenvalue weighted by Crippen LogP contribution is -2.32. The van der Waals surface area contributed by atoms with Gasteiger partial charge in [-0.15, -0.1) is 11.3 Å². The van der Waals surface area contributed by atoms with Gasteiger partial charge in [-0.05, 0) is 54.6 Å². The highest BCUT2D eigenvalue weighted by atomic mass is 32.1. The zero-order chi connectivity index (χ0) is 17.7. The van der Waals surface area contributed by atoms with E-state index < -0.39 is 23.7 Å². The number of hydrogen-bond acceptors (Lipinski definition) is 6. The number of carbonyl (C=O) groups is 2. The standard InChI is InChI=1S/C16H20N2O4S2/c1-16(2,3)22-14(20)11-5-7-24-13(11)18-15(21)17-8-12(19)10-4-6-23-9-10/h4-7,9,12,19H,8H2,1-3H3,(H2,17,18,21). The molecule has 0 bridgehead atoms. The van der Waals surface area contributed by atoms with E-state index in [0.29, 0.717) is 10.6 Å². The Bertz CT molecular complexity index is 689. The number of urea groups is 1. The molecule has 6 nitrogen and oxygen atoms in total. The number of amides is 2. The molecular weight excluding hydrogens is 348 g/mol. The molecule has 1 atom stereocenters.